The third-order valence-electron chi connectivity index (χ3n) is 2.60. The number of hydrogen-bond donors (Lipinski definition) is 2. The Morgan fingerprint density at radius 3 is 2.53 bits per heavy atom. The van der Waals surface area contributed by atoms with Crippen molar-refractivity contribution in [2.24, 2.45) is 0 Å². The molecule has 0 saturated heterocycles. The Bertz CT molecular complexity index is 652. The molecular formula is C11H5F2NO5. The first kappa shape index (κ1) is 11.5. The van der Waals surface area contributed by atoms with Gasteiger partial charge < -0.3 is 14.6 Å². The van der Waals surface area contributed by atoms with Crippen LogP contribution in [0.2, 0.25) is 0 Å². The fraction of sp³-hybridized carbons (Fsp3) is 0.0909. The van der Waals surface area contributed by atoms with Crippen LogP contribution in [0.5, 0.6) is 11.5 Å². The number of aliphatic hydroxyl groups is 1. The van der Waals surface area contributed by atoms with Crippen LogP contribution >= 0.6 is 0 Å². The van der Waals surface area contributed by atoms with Gasteiger partial charge in [-0.05, 0) is 6.07 Å². The van der Waals surface area contributed by atoms with Crippen molar-refractivity contribution in [1.29, 1.82) is 0 Å². The van der Waals surface area contributed by atoms with Crippen LogP contribution in [0.4, 0.5) is 8.78 Å². The van der Waals surface area contributed by atoms with Gasteiger partial charge in [0.2, 0.25) is 0 Å². The Labute approximate surface area is 104 Å². The van der Waals surface area contributed by atoms with E-state index in [4.69, 9.17) is 0 Å². The summed E-state index contributed by atoms with van der Waals surface area (Å²) in [5, 5.41) is 11.3. The van der Waals surface area contributed by atoms with Gasteiger partial charge in [0, 0.05) is 5.56 Å². The molecule has 2 amide bonds. The quantitative estimate of drug-likeness (QED) is 0.741. The third-order valence-corrected chi connectivity index (χ3v) is 2.60. The highest BCUT2D eigenvalue weighted by atomic mass is 19.3. The van der Waals surface area contributed by atoms with E-state index in [2.05, 4.69) is 9.47 Å². The van der Waals surface area contributed by atoms with E-state index in [1.807, 2.05) is 5.32 Å². The van der Waals surface area contributed by atoms with Crippen molar-refractivity contribution in [3.05, 3.63) is 29.5 Å². The standard InChI is InChI=1S/C11H5F2NO5/c12-11(13)18-5-3-1-2-4(8(5)19-11)6-7(15)10(17)14-9(6)16/h1-3H,(H2,14,15,16,17). The third kappa shape index (κ3) is 1.60. The molecule has 2 aliphatic rings. The Kier molecular flexibility index (Phi) is 2.07. The molecule has 98 valence electrons. The lowest BCUT2D eigenvalue weighted by Crippen LogP contribution is -2.26. The number of carbonyl (C=O) groups is 2. The second-order valence-electron chi connectivity index (χ2n) is 3.81. The predicted octanol–water partition coefficient (Wildman–Crippen LogP) is 0.934. The first-order valence-corrected chi connectivity index (χ1v) is 5.07. The van der Waals surface area contributed by atoms with Crippen LogP contribution in [0.1, 0.15) is 5.56 Å². The van der Waals surface area contributed by atoms with Crippen LogP contribution in [0.3, 0.4) is 0 Å². The maximum Gasteiger partial charge on any atom is 0.586 e. The van der Waals surface area contributed by atoms with Crippen molar-refractivity contribution >= 4 is 17.4 Å². The van der Waals surface area contributed by atoms with Gasteiger partial charge in [-0.2, -0.15) is 0 Å². The molecule has 0 fully saturated rings. The SMILES string of the molecule is O=C1NC(=O)C(c2cccc3c2OC(F)(F)O3)=C1O. The number of hydrogen-bond acceptors (Lipinski definition) is 5. The van der Waals surface area contributed by atoms with E-state index in [0.29, 0.717) is 0 Å². The maximum atomic E-state index is 13.0. The van der Waals surface area contributed by atoms with Gasteiger partial charge >= 0.3 is 6.29 Å². The van der Waals surface area contributed by atoms with Gasteiger partial charge in [0.05, 0.1) is 5.57 Å². The summed E-state index contributed by atoms with van der Waals surface area (Å²) >= 11 is 0. The molecular weight excluding hydrogens is 264 g/mol. The second-order valence-corrected chi connectivity index (χ2v) is 3.81. The monoisotopic (exact) mass is 269 g/mol. The van der Waals surface area contributed by atoms with Crippen LogP contribution in [-0.2, 0) is 9.59 Å². The molecule has 0 saturated carbocycles. The van der Waals surface area contributed by atoms with Crippen molar-refractivity contribution in [1.82, 2.24) is 5.32 Å². The summed E-state index contributed by atoms with van der Waals surface area (Å²) in [4.78, 5) is 22.7. The number of rotatable bonds is 1. The lowest BCUT2D eigenvalue weighted by molar-refractivity contribution is -0.286. The first-order chi connectivity index (χ1) is 8.89. The zero-order valence-electron chi connectivity index (χ0n) is 9.07. The van der Waals surface area contributed by atoms with E-state index >= 15 is 0 Å². The lowest BCUT2D eigenvalue weighted by Gasteiger charge is -2.06. The summed E-state index contributed by atoms with van der Waals surface area (Å²) in [5.74, 6) is -3.43. The molecule has 0 atom stereocenters. The molecule has 2 N–H and O–H groups in total. The van der Waals surface area contributed by atoms with Gasteiger partial charge in [-0.1, -0.05) is 12.1 Å². The van der Waals surface area contributed by atoms with Gasteiger partial charge in [-0.15, -0.1) is 8.78 Å². The average Bonchev–Trinajstić information content (AvgIpc) is 2.75. The number of ether oxygens (including phenoxy) is 2. The number of para-hydroxylation sites is 1. The molecule has 1 aromatic carbocycles. The number of carbonyl (C=O) groups excluding carboxylic acids is 2. The van der Waals surface area contributed by atoms with Gasteiger partial charge in [0.25, 0.3) is 11.8 Å². The highest BCUT2D eigenvalue weighted by Gasteiger charge is 2.46. The van der Waals surface area contributed by atoms with E-state index in [9.17, 15) is 23.5 Å². The van der Waals surface area contributed by atoms with Gasteiger partial charge in [0.1, 0.15) is 0 Å². The number of aliphatic hydroxyl groups excluding tert-OH is 1. The van der Waals surface area contributed by atoms with Crippen molar-refractivity contribution in [3.63, 3.8) is 0 Å². The number of amides is 2. The molecule has 3 rings (SSSR count). The number of imide groups is 1. The molecule has 1 aromatic rings. The van der Waals surface area contributed by atoms with E-state index in [1.54, 1.807) is 0 Å². The summed E-state index contributed by atoms with van der Waals surface area (Å²) in [6, 6.07) is 3.80. The Balaban J connectivity index is 2.18. The molecule has 0 spiro atoms. The minimum Gasteiger partial charge on any atom is -0.502 e. The Morgan fingerprint density at radius 2 is 1.89 bits per heavy atom. The highest BCUT2D eigenvalue weighted by Crippen LogP contribution is 2.46. The number of nitrogens with one attached hydrogen (secondary N) is 1. The van der Waals surface area contributed by atoms with Crippen LogP contribution < -0.4 is 14.8 Å². The fourth-order valence-electron chi connectivity index (χ4n) is 1.86. The zero-order chi connectivity index (χ0) is 13.8. The Hall–Kier alpha value is -2.64. The van der Waals surface area contributed by atoms with Crippen LogP contribution in [0.15, 0.2) is 24.0 Å². The van der Waals surface area contributed by atoms with Crippen LogP contribution in [0, 0.1) is 0 Å². The van der Waals surface area contributed by atoms with Crippen molar-refractivity contribution < 1.29 is 33.0 Å². The fourth-order valence-corrected chi connectivity index (χ4v) is 1.86. The van der Waals surface area contributed by atoms with Crippen LogP contribution in [-0.4, -0.2) is 23.2 Å². The number of fused-ring (bicyclic) bond motifs is 1. The Morgan fingerprint density at radius 1 is 1.16 bits per heavy atom. The zero-order valence-corrected chi connectivity index (χ0v) is 9.07. The molecule has 19 heavy (non-hydrogen) atoms. The highest BCUT2D eigenvalue weighted by molar-refractivity contribution is 6.35. The summed E-state index contributed by atoms with van der Waals surface area (Å²) < 4.78 is 34.5. The number of benzene rings is 1. The topological polar surface area (TPSA) is 84.9 Å². The molecule has 6 nitrogen and oxygen atoms in total. The number of alkyl halides is 2. The lowest BCUT2D eigenvalue weighted by atomic mass is 10.0. The van der Waals surface area contributed by atoms with E-state index in [0.717, 1.165) is 0 Å². The molecule has 0 aliphatic carbocycles. The van der Waals surface area contributed by atoms with Crippen molar-refractivity contribution in [2.45, 2.75) is 6.29 Å². The van der Waals surface area contributed by atoms with Crippen LogP contribution in [0.25, 0.3) is 5.57 Å². The average molecular weight is 269 g/mol. The summed E-state index contributed by atoms with van der Waals surface area (Å²) in [6.45, 7) is 0. The maximum absolute atomic E-state index is 13.0. The summed E-state index contributed by atoms with van der Waals surface area (Å²) in [6.07, 6.45) is -3.85. The second kappa shape index (κ2) is 3.44. The van der Waals surface area contributed by atoms with E-state index in [-0.39, 0.29) is 11.3 Å². The van der Waals surface area contributed by atoms with Crippen molar-refractivity contribution in [3.8, 4) is 11.5 Å². The van der Waals surface area contributed by atoms with Crippen molar-refractivity contribution in [2.75, 3.05) is 0 Å². The predicted molar refractivity (Wildman–Crippen MR) is 55.3 cm³/mol. The normalized spacial score (nSPS) is 19.9. The van der Waals surface area contributed by atoms with Gasteiger partial charge in [-0.25, -0.2) is 0 Å². The molecule has 0 unspecified atom stereocenters. The minimum atomic E-state index is -3.85. The number of halogens is 2. The largest absolute Gasteiger partial charge is 0.586 e. The molecule has 2 aliphatic heterocycles. The summed E-state index contributed by atoms with van der Waals surface area (Å²) in [5.41, 5.74) is -0.571. The first-order valence-electron chi connectivity index (χ1n) is 5.07. The molecule has 0 bridgehead atoms. The molecule has 0 radical (unpaired) electrons. The smallest absolute Gasteiger partial charge is 0.502 e. The van der Waals surface area contributed by atoms with E-state index < -0.39 is 35.2 Å². The molecule has 0 aromatic heterocycles. The molecule has 8 heteroatoms. The minimum absolute atomic E-state index is 0.143. The van der Waals surface area contributed by atoms with Gasteiger partial charge in [0.15, 0.2) is 17.3 Å². The summed E-state index contributed by atoms with van der Waals surface area (Å²) in [7, 11) is 0. The molecule has 2 heterocycles. The van der Waals surface area contributed by atoms with Gasteiger partial charge in [-0.3, -0.25) is 14.9 Å². The van der Waals surface area contributed by atoms with E-state index in [1.165, 1.54) is 18.2 Å².